The van der Waals surface area contributed by atoms with Gasteiger partial charge in [-0.05, 0) is 43.0 Å². The second kappa shape index (κ2) is 15.7. The first-order valence-corrected chi connectivity index (χ1v) is 18.0. The predicted molar refractivity (Wildman–Crippen MR) is 197 cm³/mol. The molecular formula is C41H39N3O7S. The van der Waals surface area contributed by atoms with E-state index in [9.17, 15) is 24.0 Å². The first kappa shape index (κ1) is 36.1. The molecule has 2 N–H and O–H groups in total. The maximum absolute atomic E-state index is 14.3. The van der Waals surface area contributed by atoms with E-state index in [2.05, 4.69) is 10.6 Å². The van der Waals surface area contributed by atoms with Crippen molar-refractivity contribution in [3.8, 4) is 0 Å². The molecule has 2 aliphatic rings. The number of nitrogens with one attached hydrogen (secondary N) is 2. The number of esters is 1. The highest BCUT2D eigenvalue weighted by Gasteiger charge is 2.55. The van der Waals surface area contributed by atoms with Gasteiger partial charge in [0.25, 0.3) is 5.91 Å². The molecule has 4 aromatic carbocycles. The van der Waals surface area contributed by atoms with Crippen LogP contribution < -0.4 is 10.6 Å². The summed E-state index contributed by atoms with van der Waals surface area (Å²) in [5.41, 5.74) is 2.07. The number of amides is 3. The predicted octanol–water partition coefficient (Wildman–Crippen LogP) is 6.51. The van der Waals surface area contributed by atoms with Crippen LogP contribution in [0.4, 0.5) is 4.79 Å². The molecule has 0 saturated carbocycles. The number of nitrogens with zero attached hydrogens (tertiary/aromatic N) is 1. The van der Waals surface area contributed by atoms with Crippen LogP contribution in [0.1, 0.15) is 66.4 Å². The lowest BCUT2D eigenvalue weighted by atomic mass is 9.97. The molecule has 1 saturated heterocycles. The van der Waals surface area contributed by atoms with E-state index in [-0.39, 0.29) is 23.7 Å². The van der Waals surface area contributed by atoms with Crippen LogP contribution in [0.25, 0.3) is 0 Å². The Morgan fingerprint density at radius 3 is 1.85 bits per heavy atom. The molecule has 2 unspecified atom stereocenters. The Morgan fingerprint density at radius 2 is 1.31 bits per heavy atom. The zero-order valence-corrected chi connectivity index (χ0v) is 29.8. The van der Waals surface area contributed by atoms with E-state index in [0.717, 1.165) is 11.1 Å². The molecule has 0 radical (unpaired) electrons. The van der Waals surface area contributed by atoms with Crippen molar-refractivity contribution in [1.29, 1.82) is 0 Å². The van der Waals surface area contributed by atoms with Crippen molar-refractivity contribution in [2.45, 2.75) is 56.4 Å². The van der Waals surface area contributed by atoms with Gasteiger partial charge in [-0.25, -0.2) is 9.59 Å². The van der Waals surface area contributed by atoms with Crippen molar-refractivity contribution in [3.05, 3.63) is 155 Å². The van der Waals surface area contributed by atoms with E-state index in [0.29, 0.717) is 16.7 Å². The Bertz CT molecular complexity index is 1930. The summed E-state index contributed by atoms with van der Waals surface area (Å²) in [7, 11) is 0. The lowest BCUT2D eigenvalue weighted by molar-refractivity contribution is -0.154. The van der Waals surface area contributed by atoms with Crippen molar-refractivity contribution in [1.82, 2.24) is 15.5 Å². The highest BCUT2D eigenvalue weighted by molar-refractivity contribution is 8.00. The van der Waals surface area contributed by atoms with Crippen LogP contribution >= 0.6 is 11.8 Å². The fraction of sp³-hybridized carbons (Fsp3) is 0.244. The second-order valence-electron chi connectivity index (χ2n) is 13.4. The molecular weight excluding hydrogens is 679 g/mol. The lowest BCUT2D eigenvalue weighted by Crippen LogP contribution is -2.71. The Balaban J connectivity index is 1.29. The maximum Gasteiger partial charge on any atom is 0.408 e. The molecule has 0 aliphatic carbocycles. The molecule has 0 aromatic heterocycles. The molecule has 1 fully saturated rings. The van der Waals surface area contributed by atoms with Gasteiger partial charge in [0, 0.05) is 17.7 Å². The standard InChI is InChI=1S/C41H39N3O7S/c1-41(2,3)51-40(49)43-32(27-18-10-5-11-19-27)36(46)42-33-37(47)44-34(30(25-52-38(33)44)24-31(45)26-16-8-4-9-17-26)39(48)50-35(28-20-12-6-13-21-28)29-22-14-7-15-23-29/h4-23,32-33,35,38H,24-25H2,1-3H3,(H,42,46)(H,43,49)/t32-,33?,38?/m1/s1. The Morgan fingerprint density at radius 1 is 0.788 bits per heavy atom. The van der Waals surface area contributed by atoms with E-state index in [1.165, 1.54) is 16.7 Å². The number of benzene rings is 4. The Kier molecular flexibility index (Phi) is 10.9. The third-order valence-electron chi connectivity index (χ3n) is 8.49. The Hall–Kier alpha value is -5.68. The van der Waals surface area contributed by atoms with Gasteiger partial charge in [-0.15, -0.1) is 11.8 Å². The summed E-state index contributed by atoms with van der Waals surface area (Å²) in [6.45, 7) is 5.14. The van der Waals surface area contributed by atoms with Gasteiger partial charge in [-0.3, -0.25) is 19.3 Å². The number of ketones is 1. The SMILES string of the molecule is CC(C)(C)OC(=O)N[C@@H](C(=O)NC1C(=O)N2C(C(=O)OC(c3ccccc3)c3ccccc3)=C(CC(=O)c3ccccc3)CSC12)c1ccccc1. The molecule has 11 heteroatoms. The molecule has 2 aliphatic heterocycles. The monoisotopic (exact) mass is 717 g/mol. The van der Waals surface area contributed by atoms with Crippen LogP contribution in [0.2, 0.25) is 0 Å². The molecule has 2 heterocycles. The maximum atomic E-state index is 14.3. The van der Waals surface area contributed by atoms with Crippen molar-refractivity contribution < 1.29 is 33.4 Å². The van der Waals surface area contributed by atoms with Crippen LogP contribution in [0, 0.1) is 0 Å². The number of carbonyl (C=O) groups excluding carboxylic acids is 5. The number of fused-ring (bicyclic) bond motifs is 1. The number of rotatable bonds is 11. The highest BCUT2D eigenvalue weighted by Crippen LogP contribution is 2.43. The molecule has 3 amide bonds. The van der Waals surface area contributed by atoms with E-state index >= 15 is 0 Å². The number of hydrogen-bond donors (Lipinski definition) is 2. The van der Waals surface area contributed by atoms with Gasteiger partial charge < -0.3 is 20.1 Å². The fourth-order valence-corrected chi connectivity index (χ4v) is 7.43. The summed E-state index contributed by atoms with van der Waals surface area (Å²) in [6, 6.07) is 33.7. The Labute approximate surface area is 306 Å². The van der Waals surface area contributed by atoms with E-state index < -0.39 is 53.0 Å². The quantitative estimate of drug-likeness (QED) is 0.102. The second-order valence-corrected chi connectivity index (χ2v) is 14.5. The van der Waals surface area contributed by atoms with Crippen molar-refractivity contribution in [3.63, 3.8) is 0 Å². The average Bonchev–Trinajstić information content (AvgIpc) is 3.15. The number of carbonyl (C=O) groups is 5. The van der Waals surface area contributed by atoms with E-state index in [4.69, 9.17) is 9.47 Å². The zero-order chi connectivity index (χ0) is 36.8. The minimum Gasteiger partial charge on any atom is -0.448 e. The molecule has 3 atom stereocenters. The number of β-lactam (4-membered cyclic amide) rings is 1. The van der Waals surface area contributed by atoms with Crippen LogP contribution in [0.5, 0.6) is 0 Å². The van der Waals surface area contributed by atoms with Gasteiger partial charge in [0.1, 0.15) is 28.8 Å². The van der Waals surface area contributed by atoms with Gasteiger partial charge >= 0.3 is 12.1 Å². The fourth-order valence-electron chi connectivity index (χ4n) is 6.08. The number of alkyl carbamates (subject to hydrolysis) is 1. The first-order chi connectivity index (χ1) is 25.0. The van der Waals surface area contributed by atoms with E-state index in [1.807, 2.05) is 66.7 Å². The van der Waals surface area contributed by atoms with Crippen molar-refractivity contribution >= 4 is 41.4 Å². The normalized spacial score (nSPS) is 17.4. The van der Waals surface area contributed by atoms with Crippen molar-refractivity contribution in [2.75, 3.05) is 5.75 Å². The number of hydrogen-bond acceptors (Lipinski definition) is 8. The third-order valence-corrected chi connectivity index (χ3v) is 9.83. The zero-order valence-electron chi connectivity index (χ0n) is 29.0. The van der Waals surface area contributed by atoms with Crippen molar-refractivity contribution in [2.24, 2.45) is 0 Å². The molecule has 52 heavy (non-hydrogen) atoms. The molecule has 266 valence electrons. The van der Waals surface area contributed by atoms with E-state index in [1.54, 1.807) is 75.4 Å². The van der Waals surface area contributed by atoms with Gasteiger partial charge in [0.2, 0.25) is 5.91 Å². The minimum absolute atomic E-state index is 0.00752. The van der Waals surface area contributed by atoms with Gasteiger partial charge in [-0.1, -0.05) is 121 Å². The topological polar surface area (TPSA) is 131 Å². The summed E-state index contributed by atoms with van der Waals surface area (Å²) >= 11 is 1.33. The van der Waals surface area contributed by atoms with Gasteiger partial charge in [0.05, 0.1) is 0 Å². The lowest BCUT2D eigenvalue weighted by Gasteiger charge is -2.50. The first-order valence-electron chi connectivity index (χ1n) is 16.9. The number of Topliss-reactive ketones (excluding diaryl/α,β-unsaturated/α-hetero) is 1. The average molecular weight is 718 g/mol. The van der Waals surface area contributed by atoms with Gasteiger partial charge in [0.15, 0.2) is 11.9 Å². The smallest absolute Gasteiger partial charge is 0.408 e. The number of thioether (sulfide) groups is 1. The molecule has 0 spiro atoms. The van der Waals surface area contributed by atoms with Crippen LogP contribution in [0.3, 0.4) is 0 Å². The summed E-state index contributed by atoms with van der Waals surface area (Å²) in [4.78, 5) is 69.7. The summed E-state index contributed by atoms with van der Waals surface area (Å²) in [6.07, 6.45) is -1.69. The van der Waals surface area contributed by atoms with Crippen LogP contribution in [-0.4, -0.2) is 57.3 Å². The summed E-state index contributed by atoms with van der Waals surface area (Å²) in [5.74, 6) is -1.89. The molecule has 10 nitrogen and oxygen atoms in total. The molecule has 6 rings (SSSR count). The summed E-state index contributed by atoms with van der Waals surface area (Å²) in [5, 5.41) is 4.76. The highest BCUT2D eigenvalue weighted by atomic mass is 32.2. The van der Waals surface area contributed by atoms with Crippen LogP contribution in [0.15, 0.2) is 133 Å². The molecule has 0 bridgehead atoms. The third kappa shape index (κ3) is 8.26. The van der Waals surface area contributed by atoms with Gasteiger partial charge in [-0.2, -0.15) is 0 Å². The molecule has 4 aromatic rings. The van der Waals surface area contributed by atoms with Crippen LogP contribution in [-0.2, 0) is 23.9 Å². The summed E-state index contributed by atoms with van der Waals surface area (Å²) < 4.78 is 11.6. The minimum atomic E-state index is -1.16. The largest absolute Gasteiger partial charge is 0.448 e. The number of ether oxygens (including phenoxy) is 2.